The van der Waals surface area contributed by atoms with E-state index < -0.39 is 0 Å². The molecule has 0 aliphatic heterocycles. The van der Waals surface area contributed by atoms with Gasteiger partial charge in [0.05, 0.1) is 7.11 Å². The quantitative estimate of drug-likeness (QED) is 0.847. The Hall–Kier alpha value is -2.28. The number of nitrogens with zero attached hydrogens (tertiary/aromatic N) is 3. The zero-order valence-electron chi connectivity index (χ0n) is 11.7. The van der Waals surface area contributed by atoms with Gasteiger partial charge in [-0.3, -0.25) is 0 Å². The normalized spacial score (nSPS) is 10.3. The first-order valence-corrected chi connectivity index (χ1v) is 6.23. The Labute approximate surface area is 113 Å². The van der Waals surface area contributed by atoms with Crippen LogP contribution in [0.3, 0.4) is 0 Å². The fraction of sp³-hybridized carbons (Fsp3) is 0.333. The molecule has 0 bridgehead atoms. The lowest BCUT2D eigenvalue weighted by Gasteiger charge is -2.08. The first-order valence-electron chi connectivity index (χ1n) is 6.23. The maximum absolute atomic E-state index is 9.31. The Kier molecular flexibility index (Phi) is 3.57. The number of ether oxygens (including phenoxy) is 1. The van der Waals surface area contributed by atoms with Crippen molar-refractivity contribution in [1.82, 2.24) is 9.55 Å². The predicted molar refractivity (Wildman–Crippen MR) is 74.0 cm³/mol. The number of imidazole rings is 1. The number of aromatic nitrogens is 2. The van der Waals surface area contributed by atoms with Crippen LogP contribution in [-0.4, -0.2) is 16.7 Å². The summed E-state index contributed by atoms with van der Waals surface area (Å²) in [7, 11) is 3.48. The third-order valence-electron chi connectivity index (χ3n) is 3.35. The van der Waals surface area contributed by atoms with Crippen molar-refractivity contribution in [2.24, 2.45) is 7.05 Å². The summed E-state index contributed by atoms with van der Waals surface area (Å²) in [6.45, 7) is 3.99. The van der Waals surface area contributed by atoms with Crippen LogP contribution in [-0.2, 0) is 13.5 Å². The maximum atomic E-state index is 9.31. The molecule has 0 saturated heterocycles. The highest BCUT2D eigenvalue weighted by Crippen LogP contribution is 2.32. The van der Waals surface area contributed by atoms with Crippen LogP contribution in [0.1, 0.15) is 24.0 Å². The Bertz CT molecular complexity index is 650. The molecule has 4 nitrogen and oxygen atoms in total. The monoisotopic (exact) mass is 255 g/mol. The van der Waals surface area contributed by atoms with Gasteiger partial charge in [-0.15, -0.1) is 0 Å². The molecule has 4 heteroatoms. The SMILES string of the molecule is CCc1ccc(OC)c(-c2nc(C)n(C)c2C#N)c1. The third kappa shape index (κ3) is 2.19. The minimum absolute atomic E-state index is 0.559. The van der Waals surface area contributed by atoms with Crippen molar-refractivity contribution in [3.8, 4) is 23.1 Å². The van der Waals surface area contributed by atoms with Gasteiger partial charge in [-0.25, -0.2) is 4.98 Å². The average molecular weight is 255 g/mol. The highest BCUT2D eigenvalue weighted by molar-refractivity contribution is 5.72. The number of aryl methyl sites for hydroxylation is 2. The summed E-state index contributed by atoms with van der Waals surface area (Å²) in [5.41, 5.74) is 3.32. The molecule has 1 heterocycles. The van der Waals surface area contributed by atoms with Crippen LogP contribution in [0.15, 0.2) is 18.2 Å². The van der Waals surface area contributed by atoms with Crippen LogP contribution >= 0.6 is 0 Å². The molecule has 1 aromatic heterocycles. The van der Waals surface area contributed by atoms with Gasteiger partial charge in [0.15, 0.2) is 0 Å². The molecular weight excluding hydrogens is 238 g/mol. The van der Waals surface area contributed by atoms with Gasteiger partial charge < -0.3 is 9.30 Å². The van der Waals surface area contributed by atoms with Gasteiger partial charge in [0.1, 0.15) is 29.0 Å². The molecule has 0 atom stereocenters. The summed E-state index contributed by atoms with van der Waals surface area (Å²) in [5.74, 6) is 1.56. The number of nitriles is 1. The largest absolute Gasteiger partial charge is 0.496 e. The molecule has 0 unspecified atom stereocenters. The molecule has 19 heavy (non-hydrogen) atoms. The van der Waals surface area contributed by atoms with E-state index in [1.165, 1.54) is 5.56 Å². The molecule has 1 aromatic carbocycles. The van der Waals surface area contributed by atoms with E-state index in [4.69, 9.17) is 4.74 Å². The van der Waals surface area contributed by atoms with E-state index in [0.29, 0.717) is 11.4 Å². The number of benzene rings is 1. The van der Waals surface area contributed by atoms with E-state index in [2.05, 4.69) is 18.0 Å². The topological polar surface area (TPSA) is 50.8 Å². The molecule has 0 amide bonds. The lowest BCUT2D eigenvalue weighted by Crippen LogP contribution is -1.95. The first kappa shape index (κ1) is 13.2. The highest BCUT2D eigenvalue weighted by Gasteiger charge is 2.17. The van der Waals surface area contributed by atoms with Crippen molar-refractivity contribution in [3.63, 3.8) is 0 Å². The van der Waals surface area contributed by atoms with Crippen molar-refractivity contribution in [2.45, 2.75) is 20.3 Å². The second-order valence-electron chi connectivity index (χ2n) is 4.42. The minimum atomic E-state index is 0.559. The fourth-order valence-electron chi connectivity index (χ4n) is 2.09. The van der Waals surface area contributed by atoms with Crippen molar-refractivity contribution < 1.29 is 4.74 Å². The van der Waals surface area contributed by atoms with Crippen LogP contribution in [0, 0.1) is 18.3 Å². The average Bonchev–Trinajstić information content (AvgIpc) is 2.73. The Morgan fingerprint density at radius 2 is 2.16 bits per heavy atom. The number of hydrogen-bond acceptors (Lipinski definition) is 3. The summed E-state index contributed by atoms with van der Waals surface area (Å²) in [6.07, 6.45) is 0.935. The van der Waals surface area contributed by atoms with E-state index in [9.17, 15) is 5.26 Å². The summed E-state index contributed by atoms with van der Waals surface area (Å²) < 4.78 is 7.19. The standard InChI is InChI=1S/C15H17N3O/c1-5-11-6-7-14(19-4)12(8-11)15-13(9-16)18(3)10(2)17-15/h6-8H,5H2,1-4H3. The zero-order chi connectivity index (χ0) is 14.0. The molecule has 0 aliphatic carbocycles. The third-order valence-corrected chi connectivity index (χ3v) is 3.35. The molecule has 0 aliphatic rings. The van der Waals surface area contributed by atoms with Gasteiger partial charge in [-0.05, 0) is 31.0 Å². The van der Waals surface area contributed by atoms with E-state index in [-0.39, 0.29) is 0 Å². The van der Waals surface area contributed by atoms with Crippen LogP contribution < -0.4 is 4.74 Å². The van der Waals surface area contributed by atoms with Crippen LogP contribution in [0.4, 0.5) is 0 Å². The number of hydrogen-bond donors (Lipinski definition) is 0. The van der Waals surface area contributed by atoms with Gasteiger partial charge in [0, 0.05) is 12.6 Å². The minimum Gasteiger partial charge on any atom is -0.496 e. The highest BCUT2D eigenvalue weighted by atomic mass is 16.5. The second-order valence-corrected chi connectivity index (χ2v) is 4.42. The summed E-state index contributed by atoms with van der Waals surface area (Å²) >= 11 is 0. The lowest BCUT2D eigenvalue weighted by atomic mass is 10.0. The van der Waals surface area contributed by atoms with Gasteiger partial charge >= 0.3 is 0 Å². The Morgan fingerprint density at radius 1 is 1.42 bits per heavy atom. The van der Waals surface area contributed by atoms with Crippen LogP contribution in [0.25, 0.3) is 11.3 Å². The molecule has 2 aromatic rings. The van der Waals surface area contributed by atoms with E-state index in [1.54, 1.807) is 11.7 Å². The number of methoxy groups -OCH3 is 1. The molecule has 0 N–H and O–H groups in total. The smallest absolute Gasteiger partial charge is 0.148 e. The molecule has 0 radical (unpaired) electrons. The zero-order valence-corrected chi connectivity index (χ0v) is 11.7. The molecule has 0 fully saturated rings. The Morgan fingerprint density at radius 3 is 2.74 bits per heavy atom. The molecule has 0 spiro atoms. The van der Waals surface area contributed by atoms with E-state index in [1.807, 2.05) is 32.2 Å². The van der Waals surface area contributed by atoms with Crippen molar-refractivity contribution in [2.75, 3.05) is 7.11 Å². The van der Waals surface area contributed by atoms with Crippen LogP contribution in [0.2, 0.25) is 0 Å². The van der Waals surface area contributed by atoms with Crippen molar-refractivity contribution in [1.29, 1.82) is 5.26 Å². The van der Waals surface area contributed by atoms with Gasteiger partial charge in [-0.2, -0.15) is 5.26 Å². The molecular formula is C15H17N3O. The van der Waals surface area contributed by atoms with Crippen molar-refractivity contribution in [3.05, 3.63) is 35.3 Å². The van der Waals surface area contributed by atoms with Gasteiger partial charge in [0.2, 0.25) is 0 Å². The number of rotatable bonds is 3. The summed E-state index contributed by atoms with van der Waals surface area (Å²) in [5, 5.41) is 9.31. The predicted octanol–water partition coefficient (Wildman–Crippen LogP) is 2.84. The summed E-state index contributed by atoms with van der Waals surface area (Å²) in [4.78, 5) is 4.50. The Balaban J connectivity index is 2.71. The van der Waals surface area contributed by atoms with Gasteiger partial charge in [-0.1, -0.05) is 13.0 Å². The first-order chi connectivity index (χ1) is 9.12. The second kappa shape index (κ2) is 5.15. The molecule has 0 saturated carbocycles. The van der Waals surface area contributed by atoms with Crippen molar-refractivity contribution >= 4 is 0 Å². The van der Waals surface area contributed by atoms with E-state index >= 15 is 0 Å². The molecule has 2 rings (SSSR count). The van der Waals surface area contributed by atoms with Gasteiger partial charge in [0.25, 0.3) is 0 Å². The van der Waals surface area contributed by atoms with Crippen LogP contribution in [0.5, 0.6) is 5.75 Å². The fourth-order valence-corrected chi connectivity index (χ4v) is 2.09. The summed E-state index contributed by atoms with van der Waals surface area (Å²) in [6, 6.07) is 8.22. The lowest BCUT2D eigenvalue weighted by molar-refractivity contribution is 0.416. The molecule has 98 valence electrons. The van der Waals surface area contributed by atoms with E-state index in [0.717, 1.165) is 23.6 Å². The maximum Gasteiger partial charge on any atom is 0.148 e.